The number of ether oxygens (including phenoxy) is 1. The summed E-state index contributed by atoms with van der Waals surface area (Å²) in [5.74, 6) is 0.749. The van der Waals surface area contributed by atoms with Crippen molar-refractivity contribution in [1.82, 2.24) is 9.55 Å². The summed E-state index contributed by atoms with van der Waals surface area (Å²) in [5, 5.41) is 13.1. The van der Waals surface area contributed by atoms with E-state index in [9.17, 15) is 9.90 Å². The summed E-state index contributed by atoms with van der Waals surface area (Å²) in [7, 11) is 0. The van der Waals surface area contributed by atoms with E-state index < -0.39 is 6.10 Å². The highest BCUT2D eigenvalue weighted by Gasteiger charge is 2.20. The lowest BCUT2D eigenvalue weighted by Gasteiger charge is -2.23. The Bertz CT molecular complexity index is 1240. The number of benzene rings is 2. The van der Waals surface area contributed by atoms with E-state index in [4.69, 9.17) is 4.74 Å². The summed E-state index contributed by atoms with van der Waals surface area (Å²) in [6, 6.07) is 17.6. The molecule has 0 saturated heterocycles. The van der Waals surface area contributed by atoms with Gasteiger partial charge in [-0.2, -0.15) is 0 Å². The minimum atomic E-state index is -0.844. The van der Waals surface area contributed by atoms with Crippen LogP contribution in [0.3, 0.4) is 0 Å². The van der Waals surface area contributed by atoms with Crippen molar-refractivity contribution in [3.8, 4) is 16.9 Å². The fourth-order valence-corrected chi connectivity index (χ4v) is 4.51. The van der Waals surface area contributed by atoms with Crippen molar-refractivity contribution in [2.24, 2.45) is 0 Å². The topological polar surface area (TPSA) is 64.3 Å². The van der Waals surface area contributed by atoms with Gasteiger partial charge in [0.1, 0.15) is 23.3 Å². The molecule has 1 unspecified atom stereocenters. The smallest absolute Gasteiger partial charge is 0.262 e. The molecular weight excluding hydrogens is 408 g/mol. The molecule has 4 aromatic rings. The Labute approximate surface area is 185 Å². The Balaban J connectivity index is 1.54. The van der Waals surface area contributed by atoms with E-state index in [2.05, 4.69) is 25.8 Å². The van der Waals surface area contributed by atoms with Crippen molar-refractivity contribution in [3.05, 3.63) is 82.2 Å². The molecule has 2 aromatic heterocycles. The van der Waals surface area contributed by atoms with Crippen LogP contribution in [0.15, 0.2) is 71.1 Å². The summed E-state index contributed by atoms with van der Waals surface area (Å²) in [6.07, 6.45) is 0.659. The molecule has 1 N–H and O–H groups in total. The van der Waals surface area contributed by atoms with E-state index in [0.29, 0.717) is 10.2 Å². The van der Waals surface area contributed by atoms with Gasteiger partial charge in [0, 0.05) is 10.9 Å². The van der Waals surface area contributed by atoms with Gasteiger partial charge in [0.2, 0.25) is 0 Å². The Morgan fingerprint density at radius 3 is 2.55 bits per heavy atom. The molecule has 4 rings (SSSR count). The van der Waals surface area contributed by atoms with E-state index in [1.54, 1.807) is 0 Å². The molecule has 0 amide bonds. The first-order chi connectivity index (χ1) is 14.8. The number of aliphatic hydroxyl groups excluding tert-OH is 1. The zero-order chi connectivity index (χ0) is 22.0. The number of aromatic nitrogens is 2. The van der Waals surface area contributed by atoms with E-state index in [1.807, 2.05) is 60.0 Å². The molecule has 2 heterocycles. The third-order valence-electron chi connectivity index (χ3n) is 5.18. The second kappa shape index (κ2) is 8.65. The van der Waals surface area contributed by atoms with Crippen molar-refractivity contribution in [3.63, 3.8) is 0 Å². The molecule has 6 heteroatoms. The van der Waals surface area contributed by atoms with Crippen LogP contribution in [0.25, 0.3) is 21.3 Å². The minimum absolute atomic E-state index is 0.0692. The predicted molar refractivity (Wildman–Crippen MR) is 126 cm³/mol. The molecule has 0 aliphatic carbocycles. The van der Waals surface area contributed by atoms with E-state index in [-0.39, 0.29) is 24.1 Å². The predicted octanol–water partition coefficient (Wildman–Crippen LogP) is 4.86. The van der Waals surface area contributed by atoms with E-state index >= 15 is 0 Å². The largest absolute Gasteiger partial charge is 0.491 e. The van der Waals surface area contributed by atoms with Crippen LogP contribution in [0.4, 0.5) is 0 Å². The summed E-state index contributed by atoms with van der Waals surface area (Å²) in [5.41, 5.74) is 2.71. The van der Waals surface area contributed by atoms with Gasteiger partial charge < -0.3 is 9.84 Å². The second-order valence-corrected chi connectivity index (χ2v) is 9.47. The van der Waals surface area contributed by atoms with E-state index in [0.717, 1.165) is 22.4 Å². The number of nitrogens with zero attached hydrogens (tertiary/aromatic N) is 2. The Morgan fingerprint density at radius 2 is 1.81 bits per heavy atom. The number of para-hydroxylation sites is 1. The van der Waals surface area contributed by atoms with Gasteiger partial charge in [-0.3, -0.25) is 9.36 Å². The van der Waals surface area contributed by atoms with Crippen LogP contribution in [0.5, 0.6) is 5.75 Å². The van der Waals surface area contributed by atoms with Gasteiger partial charge in [0.15, 0.2) is 0 Å². The number of aliphatic hydroxyl groups is 1. The highest BCUT2D eigenvalue weighted by molar-refractivity contribution is 7.17. The molecule has 0 aliphatic rings. The maximum atomic E-state index is 13.2. The number of fused-ring (bicyclic) bond motifs is 1. The van der Waals surface area contributed by atoms with Gasteiger partial charge in [-0.15, -0.1) is 11.3 Å². The molecule has 2 aromatic carbocycles. The number of thiophene rings is 1. The zero-order valence-electron chi connectivity index (χ0n) is 17.9. The van der Waals surface area contributed by atoms with E-state index in [1.165, 1.54) is 22.2 Å². The first-order valence-electron chi connectivity index (χ1n) is 10.3. The SMILES string of the molecule is CC(C)(C)c1ccccc1OCC(O)Cn1cnc2scc(-c3ccccc3)c2c1=O. The number of hydrogen-bond acceptors (Lipinski definition) is 5. The fourth-order valence-electron chi connectivity index (χ4n) is 3.61. The normalized spacial score (nSPS) is 12.8. The monoisotopic (exact) mass is 434 g/mol. The molecule has 5 nitrogen and oxygen atoms in total. The Hall–Kier alpha value is -2.96. The molecule has 0 radical (unpaired) electrons. The van der Waals surface area contributed by atoms with Crippen LogP contribution in [-0.4, -0.2) is 27.4 Å². The quantitative estimate of drug-likeness (QED) is 0.471. The summed E-state index contributed by atoms with van der Waals surface area (Å²) in [6.45, 7) is 6.57. The minimum Gasteiger partial charge on any atom is -0.491 e. The highest BCUT2D eigenvalue weighted by atomic mass is 32.1. The zero-order valence-corrected chi connectivity index (χ0v) is 18.7. The second-order valence-electron chi connectivity index (χ2n) is 8.61. The molecule has 0 saturated carbocycles. The van der Waals surface area contributed by atoms with Crippen LogP contribution in [0, 0.1) is 0 Å². The lowest BCUT2D eigenvalue weighted by molar-refractivity contribution is 0.0905. The van der Waals surface area contributed by atoms with Gasteiger partial charge in [-0.25, -0.2) is 4.98 Å². The standard InChI is InChI=1S/C25H26N2O3S/c1-25(2,3)20-11-7-8-12-21(20)30-14-18(28)13-27-16-26-23-22(24(27)29)19(15-31-23)17-9-5-4-6-10-17/h4-12,15-16,18,28H,13-14H2,1-3H3. The number of hydrogen-bond donors (Lipinski definition) is 1. The first-order valence-corrected chi connectivity index (χ1v) is 11.1. The average Bonchev–Trinajstić information content (AvgIpc) is 3.19. The molecule has 31 heavy (non-hydrogen) atoms. The van der Waals surface area contributed by atoms with Gasteiger partial charge in [-0.05, 0) is 22.6 Å². The first kappa shape index (κ1) is 21.3. The molecule has 0 aliphatic heterocycles. The lowest BCUT2D eigenvalue weighted by Crippen LogP contribution is -2.30. The third kappa shape index (κ3) is 4.55. The lowest BCUT2D eigenvalue weighted by atomic mass is 9.86. The van der Waals surface area contributed by atoms with Crippen LogP contribution >= 0.6 is 11.3 Å². The summed E-state index contributed by atoms with van der Waals surface area (Å²) >= 11 is 1.45. The van der Waals surface area contributed by atoms with Crippen LogP contribution < -0.4 is 10.3 Å². The fraction of sp³-hybridized carbons (Fsp3) is 0.280. The molecule has 0 spiro atoms. The van der Waals surface area contributed by atoms with Crippen molar-refractivity contribution in [2.45, 2.75) is 38.8 Å². The molecule has 1 atom stereocenters. The molecule has 160 valence electrons. The summed E-state index contributed by atoms with van der Waals surface area (Å²) in [4.78, 5) is 18.3. The maximum Gasteiger partial charge on any atom is 0.262 e. The molecular formula is C25H26N2O3S. The van der Waals surface area contributed by atoms with Gasteiger partial charge in [-0.1, -0.05) is 69.3 Å². The maximum absolute atomic E-state index is 13.2. The molecule has 0 fully saturated rings. The van der Waals surface area contributed by atoms with Gasteiger partial charge in [0.05, 0.1) is 18.3 Å². The van der Waals surface area contributed by atoms with Crippen molar-refractivity contribution in [2.75, 3.05) is 6.61 Å². The molecule has 0 bridgehead atoms. The van der Waals surface area contributed by atoms with Gasteiger partial charge >= 0.3 is 0 Å². The Morgan fingerprint density at radius 1 is 1.10 bits per heavy atom. The van der Waals surface area contributed by atoms with Crippen molar-refractivity contribution < 1.29 is 9.84 Å². The third-order valence-corrected chi connectivity index (χ3v) is 6.07. The van der Waals surface area contributed by atoms with Crippen molar-refractivity contribution in [1.29, 1.82) is 0 Å². The van der Waals surface area contributed by atoms with Crippen LogP contribution in [-0.2, 0) is 12.0 Å². The highest BCUT2D eigenvalue weighted by Crippen LogP contribution is 2.31. The van der Waals surface area contributed by atoms with Gasteiger partial charge in [0.25, 0.3) is 5.56 Å². The van der Waals surface area contributed by atoms with Crippen molar-refractivity contribution >= 4 is 21.6 Å². The Kier molecular flexibility index (Phi) is 5.94. The van der Waals surface area contributed by atoms with Crippen LogP contribution in [0.1, 0.15) is 26.3 Å². The summed E-state index contributed by atoms with van der Waals surface area (Å²) < 4.78 is 7.38. The average molecular weight is 435 g/mol. The van der Waals surface area contributed by atoms with Crippen LogP contribution in [0.2, 0.25) is 0 Å². The number of rotatable bonds is 6.